The van der Waals surface area contributed by atoms with E-state index in [0.717, 1.165) is 38.0 Å². The van der Waals surface area contributed by atoms with E-state index in [1.54, 1.807) is 11.2 Å². The van der Waals surface area contributed by atoms with Crippen molar-refractivity contribution < 1.29 is 19.9 Å². The van der Waals surface area contributed by atoms with Crippen molar-refractivity contribution in [3.63, 3.8) is 0 Å². The van der Waals surface area contributed by atoms with Crippen LogP contribution in [0.1, 0.15) is 52.4 Å². The summed E-state index contributed by atoms with van der Waals surface area (Å²) in [5.74, 6) is 7.11. The van der Waals surface area contributed by atoms with Gasteiger partial charge in [0, 0.05) is 19.1 Å². The van der Waals surface area contributed by atoms with Crippen LogP contribution in [0.4, 0.5) is 0 Å². The smallest absolute Gasteiger partial charge is 0.182 e. The van der Waals surface area contributed by atoms with Crippen molar-refractivity contribution in [3.05, 3.63) is 23.7 Å². The topological polar surface area (TPSA) is 131 Å². The third-order valence-electron chi connectivity index (χ3n) is 5.73. The molecule has 0 radical (unpaired) electrons. The molecule has 0 aromatic carbocycles. The highest BCUT2D eigenvalue weighted by Crippen LogP contribution is 2.66. The molecule has 2 saturated carbocycles. The summed E-state index contributed by atoms with van der Waals surface area (Å²) in [4.78, 5) is 2.97. The van der Waals surface area contributed by atoms with Gasteiger partial charge in [-0.3, -0.25) is 5.32 Å². The molecule has 0 spiro atoms. The third kappa shape index (κ3) is 5.33. The van der Waals surface area contributed by atoms with Gasteiger partial charge in [-0.25, -0.2) is 10.8 Å². The summed E-state index contributed by atoms with van der Waals surface area (Å²) in [6, 6.07) is 0. The molecule has 3 fully saturated rings. The number of hydrogen-bond acceptors (Lipinski definition) is 7. The van der Waals surface area contributed by atoms with E-state index in [-0.39, 0.29) is 17.7 Å². The molecule has 28 heavy (non-hydrogen) atoms. The van der Waals surface area contributed by atoms with E-state index in [1.807, 2.05) is 20.1 Å². The summed E-state index contributed by atoms with van der Waals surface area (Å²) < 4.78 is 6.04. The Labute approximate surface area is 168 Å². The fraction of sp³-hybridized carbons (Fsp3) is 0.750. The first-order valence-corrected chi connectivity index (χ1v) is 10.4. The standard InChI is InChI=1S/C17H27N5O2.C2H6.CH4O/c18-3-4-20-5-6-22(19)16-11(7-13-1-2-14(16)24-13)8-15(23)21-17-9-12(17)10-17;2*1-2/h3-5,12-15,21,23H,1-2,6-10,18-19H2;1-2H3;2H,1H3/p+1/b4-3-,20-5?;;. The predicted molar refractivity (Wildman–Crippen MR) is 109 cm³/mol. The number of nitrogens with zero attached hydrogens (tertiary/aromatic N) is 1. The van der Waals surface area contributed by atoms with E-state index in [9.17, 15) is 5.11 Å². The van der Waals surface area contributed by atoms with Crippen LogP contribution < -0.4 is 21.9 Å². The zero-order chi connectivity index (χ0) is 20.7. The van der Waals surface area contributed by atoms with Crippen molar-refractivity contribution in [1.82, 2.24) is 10.3 Å². The van der Waals surface area contributed by atoms with Gasteiger partial charge in [-0.1, -0.05) is 13.8 Å². The Bertz CT molecular complexity index is 586. The van der Waals surface area contributed by atoms with Crippen molar-refractivity contribution in [2.75, 3.05) is 13.7 Å². The zero-order valence-corrected chi connectivity index (χ0v) is 17.4. The molecule has 0 amide bonds. The zero-order valence-electron chi connectivity index (χ0n) is 17.4. The Balaban J connectivity index is 0.000000660. The van der Waals surface area contributed by atoms with Gasteiger partial charge in [0.2, 0.25) is 0 Å². The van der Waals surface area contributed by atoms with E-state index >= 15 is 0 Å². The second kappa shape index (κ2) is 10.4. The van der Waals surface area contributed by atoms with Crippen LogP contribution >= 0.6 is 0 Å². The van der Waals surface area contributed by atoms with Crippen LogP contribution in [0.2, 0.25) is 0 Å². The normalized spacial score (nSPS) is 33.0. The average Bonchev–Trinajstić information content (AvgIpc) is 3.51. The second-order valence-corrected chi connectivity index (χ2v) is 7.52. The molecular formula is C20H38N5O3+. The van der Waals surface area contributed by atoms with Crippen molar-refractivity contribution in [2.24, 2.45) is 17.5 Å². The van der Waals surface area contributed by atoms with Gasteiger partial charge in [-0.15, -0.1) is 0 Å². The van der Waals surface area contributed by atoms with E-state index < -0.39 is 6.23 Å². The molecule has 3 unspecified atom stereocenters. The summed E-state index contributed by atoms with van der Waals surface area (Å²) >= 11 is 0. The van der Waals surface area contributed by atoms with Crippen LogP contribution in [0.15, 0.2) is 23.7 Å². The van der Waals surface area contributed by atoms with Crippen molar-refractivity contribution >= 4 is 6.21 Å². The van der Waals surface area contributed by atoms with Crippen LogP contribution in [-0.4, -0.2) is 59.1 Å². The first-order chi connectivity index (χ1) is 13.6. The van der Waals surface area contributed by atoms with Gasteiger partial charge < -0.3 is 25.7 Å². The lowest BCUT2D eigenvalue weighted by Crippen LogP contribution is -2.63. The fourth-order valence-electron chi connectivity index (χ4n) is 4.17. The SMILES string of the molecule is CC.CO.N/C=C\[NH+]=CCN(N)C1=C(CC(O)NC23CC2C3)CC2CCC1O2. The summed E-state index contributed by atoms with van der Waals surface area (Å²) in [6.07, 6.45) is 10.8. The summed E-state index contributed by atoms with van der Waals surface area (Å²) in [5.41, 5.74) is 7.85. The minimum absolute atomic E-state index is 0.0576. The maximum atomic E-state index is 10.5. The van der Waals surface area contributed by atoms with Crippen molar-refractivity contribution in [2.45, 2.75) is 76.3 Å². The van der Waals surface area contributed by atoms with Crippen LogP contribution in [0, 0.1) is 5.92 Å². The molecule has 3 atom stereocenters. The average molecular weight is 397 g/mol. The molecule has 2 aliphatic heterocycles. The van der Waals surface area contributed by atoms with Gasteiger partial charge in [-0.2, -0.15) is 0 Å². The van der Waals surface area contributed by atoms with Crippen molar-refractivity contribution in [1.29, 1.82) is 0 Å². The molecule has 1 saturated heterocycles. The highest BCUT2D eigenvalue weighted by molar-refractivity contribution is 5.53. The van der Waals surface area contributed by atoms with Gasteiger partial charge >= 0.3 is 0 Å². The van der Waals surface area contributed by atoms with E-state index in [0.29, 0.717) is 13.0 Å². The monoisotopic (exact) mass is 396 g/mol. The largest absolute Gasteiger partial charge is 0.400 e. The van der Waals surface area contributed by atoms with Crippen molar-refractivity contribution in [3.8, 4) is 0 Å². The molecule has 8 N–H and O–H groups in total. The molecule has 0 aromatic heterocycles. The Kier molecular flexibility index (Phi) is 8.45. The molecule has 160 valence electrons. The number of aliphatic hydroxyl groups excluding tert-OH is 2. The van der Waals surface area contributed by atoms with E-state index in [1.165, 1.54) is 24.6 Å². The molecule has 8 nitrogen and oxygen atoms in total. The summed E-state index contributed by atoms with van der Waals surface area (Å²) in [5, 5.41) is 22.6. The quantitative estimate of drug-likeness (QED) is 0.135. The molecule has 8 heteroatoms. The fourth-order valence-corrected chi connectivity index (χ4v) is 4.17. The Morgan fingerprint density at radius 1 is 1.36 bits per heavy atom. The number of nitrogens with two attached hydrogens (primary N) is 2. The first-order valence-electron chi connectivity index (χ1n) is 10.4. The van der Waals surface area contributed by atoms with Crippen LogP contribution in [-0.2, 0) is 4.74 Å². The number of hydrazine groups is 1. The second-order valence-electron chi connectivity index (χ2n) is 7.52. The molecule has 2 bridgehead atoms. The number of nitrogens with one attached hydrogen (secondary N) is 2. The van der Waals surface area contributed by atoms with Gasteiger partial charge in [0.25, 0.3) is 0 Å². The number of fused-ring (bicyclic) bond motifs is 3. The number of hydrogen-bond donors (Lipinski definition) is 6. The number of aliphatic hydroxyl groups is 2. The maximum absolute atomic E-state index is 10.5. The molecule has 2 aliphatic carbocycles. The first kappa shape index (κ1) is 22.8. The highest BCUT2D eigenvalue weighted by Gasteiger charge is 2.70. The van der Waals surface area contributed by atoms with Gasteiger partial charge in [0.05, 0.1) is 24.1 Å². The van der Waals surface area contributed by atoms with E-state index in [4.69, 9.17) is 21.4 Å². The Hall–Kier alpha value is -1.45. The molecule has 0 aromatic rings. The lowest BCUT2D eigenvalue weighted by Gasteiger charge is -2.33. The Morgan fingerprint density at radius 3 is 2.64 bits per heavy atom. The number of ether oxygens (including phenoxy) is 1. The summed E-state index contributed by atoms with van der Waals surface area (Å²) in [6.45, 7) is 4.54. The predicted octanol–water partition coefficient (Wildman–Crippen LogP) is -0.956. The van der Waals surface area contributed by atoms with Crippen LogP contribution in [0.3, 0.4) is 0 Å². The minimum Gasteiger partial charge on any atom is -0.400 e. The van der Waals surface area contributed by atoms with Gasteiger partial charge in [-0.05, 0) is 43.6 Å². The molecule has 4 rings (SSSR count). The lowest BCUT2D eigenvalue weighted by molar-refractivity contribution is -0.368. The molecule has 4 aliphatic rings. The van der Waals surface area contributed by atoms with Crippen LogP contribution in [0.5, 0.6) is 0 Å². The highest BCUT2D eigenvalue weighted by atomic mass is 16.5. The third-order valence-corrected chi connectivity index (χ3v) is 5.73. The summed E-state index contributed by atoms with van der Waals surface area (Å²) in [7, 11) is 1.00. The minimum atomic E-state index is -0.490. The van der Waals surface area contributed by atoms with Gasteiger partial charge in [0.15, 0.2) is 12.4 Å². The Morgan fingerprint density at radius 2 is 2.04 bits per heavy atom. The van der Waals surface area contributed by atoms with Gasteiger partial charge in [0.1, 0.15) is 12.8 Å². The lowest BCUT2D eigenvalue weighted by atomic mass is 9.99. The molecule has 2 heterocycles. The van der Waals surface area contributed by atoms with Crippen LogP contribution in [0.25, 0.3) is 0 Å². The maximum Gasteiger partial charge on any atom is 0.182 e. The van der Waals surface area contributed by atoms with E-state index in [2.05, 4.69) is 10.3 Å². The number of rotatable bonds is 8. The molecular weight excluding hydrogens is 358 g/mol.